The molecular weight excluding hydrogens is 753 g/mol. The third-order valence-electron chi connectivity index (χ3n) is 13.3. The molecular formula is C59H36N2O. The molecule has 1 spiro atoms. The number of anilines is 3. The molecule has 0 bridgehead atoms. The minimum Gasteiger partial charge on any atom is -0.456 e. The fourth-order valence-electron chi connectivity index (χ4n) is 11.0. The van der Waals surface area contributed by atoms with Crippen molar-refractivity contribution in [2.75, 3.05) is 4.90 Å². The number of rotatable bonds is 4. The molecule has 62 heavy (non-hydrogen) atoms. The Bertz CT molecular complexity index is 4190. The van der Waals surface area contributed by atoms with Crippen LogP contribution in [0.4, 0.5) is 17.1 Å². The maximum atomic E-state index is 9.92. The van der Waals surface area contributed by atoms with Crippen molar-refractivity contribution in [3.05, 3.63) is 240 Å². The van der Waals surface area contributed by atoms with E-state index >= 15 is 0 Å². The van der Waals surface area contributed by atoms with Gasteiger partial charge in [0.25, 0.3) is 0 Å². The monoisotopic (exact) mass is 794 g/mol. The van der Waals surface area contributed by atoms with Crippen molar-refractivity contribution in [1.82, 2.24) is 4.57 Å². The lowest BCUT2D eigenvalue weighted by molar-refractivity contribution is 0.669. The van der Waals surface area contributed by atoms with Gasteiger partial charge in [-0.15, -0.1) is 0 Å². The van der Waals surface area contributed by atoms with Crippen molar-refractivity contribution in [2.24, 2.45) is 0 Å². The molecule has 0 fully saturated rings. The Kier molecular flexibility index (Phi) is 5.69. The molecule has 3 nitrogen and oxygen atoms in total. The van der Waals surface area contributed by atoms with Gasteiger partial charge in [-0.3, -0.25) is 0 Å². The molecule has 0 N–H and O–H groups in total. The van der Waals surface area contributed by atoms with Crippen molar-refractivity contribution >= 4 is 71.6 Å². The topological polar surface area (TPSA) is 21.3 Å². The van der Waals surface area contributed by atoms with Crippen LogP contribution in [0.3, 0.4) is 0 Å². The normalized spacial score (nSPS) is 16.2. The molecule has 12 aromatic rings. The van der Waals surface area contributed by atoms with E-state index in [1.807, 2.05) is 72.8 Å². The molecule has 2 aromatic heterocycles. The van der Waals surface area contributed by atoms with Gasteiger partial charge in [-0.2, -0.15) is 0 Å². The van der Waals surface area contributed by atoms with Crippen LogP contribution in [-0.4, -0.2) is 4.57 Å². The first kappa shape index (κ1) is 28.3. The maximum Gasteiger partial charge on any atom is 0.137 e. The minimum absolute atomic E-state index is 0.121. The summed E-state index contributed by atoms with van der Waals surface area (Å²) in [6.07, 6.45) is 0. The van der Waals surface area contributed by atoms with Gasteiger partial charge in [0.15, 0.2) is 0 Å². The Morgan fingerprint density at radius 1 is 0.452 bits per heavy atom. The number of benzene rings is 10. The standard InChI is InChI=1S/C59H36N2O/c1-2-18-38(19-3-1)60-50-29-10-6-21-41(50)45-36-39(34-35-51(45)60)61(53-31-15-33-55-58(53)44-23-7-11-32-54(44)62-55)52-30-14-28-49-57(52)43-22-5-9-26-47(43)59(49)46-25-8-4-20-40(46)42-24-12-16-37-17-13-27-48(59)56(37)42/h1-36H/i12D,13D,16D,17D,24D,27D. The highest BCUT2D eigenvalue weighted by molar-refractivity contribution is 6.16. The molecule has 2 heterocycles. The van der Waals surface area contributed by atoms with E-state index in [0.29, 0.717) is 22.1 Å². The second kappa shape index (κ2) is 12.4. The quantitative estimate of drug-likeness (QED) is 0.177. The fraction of sp³-hybridized carbons (Fsp3) is 0.0169. The Morgan fingerprint density at radius 2 is 1.11 bits per heavy atom. The average molecular weight is 795 g/mol. The van der Waals surface area contributed by atoms with Gasteiger partial charge in [0.05, 0.1) is 41.4 Å². The predicted molar refractivity (Wildman–Crippen MR) is 257 cm³/mol. The van der Waals surface area contributed by atoms with Gasteiger partial charge in [-0.05, 0) is 110 Å². The van der Waals surface area contributed by atoms with E-state index in [1.165, 1.54) is 0 Å². The number of hydrogen-bond acceptors (Lipinski definition) is 2. The van der Waals surface area contributed by atoms with E-state index in [1.54, 1.807) is 0 Å². The van der Waals surface area contributed by atoms with Crippen LogP contribution in [0, 0.1) is 0 Å². The van der Waals surface area contributed by atoms with E-state index in [2.05, 4.69) is 119 Å². The Hall–Kier alpha value is -8.14. The average Bonchev–Trinajstić information content (AvgIpc) is 4.02. The van der Waals surface area contributed by atoms with Gasteiger partial charge in [-0.25, -0.2) is 0 Å². The van der Waals surface area contributed by atoms with Gasteiger partial charge in [0.2, 0.25) is 0 Å². The van der Waals surface area contributed by atoms with E-state index in [9.17, 15) is 6.85 Å². The predicted octanol–water partition coefficient (Wildman–Crippen LogP) is 15.6. The summed E-state index contributed by atoms with van der Waals surface area (Å²) in [5.74, 6) is 0. The summed E-state index contributed by atoms with van der Waals surface area (Å²) in [6.45, 7) is 0. The molecule has 0 amide bonds. The van der Waals surface area contributed by atoms with Crippen molar-refractivity contribution in [1.29, 1.82) is 0 Å². The van der Waals surface area contributed by atoms with Crippen LogP contribution >= 0.6 is 0 Å². The minimum atomic E-state index is -1.21. The largest absolute Gasteiger partial charge is 0.456 e. The van der Waals surface area contributed by atoms with Gasteiger partial charge < -0.3 is 13.9 Å². The molecule has 0 aliphatic heterocycles. The number of aromatic nitrogens is 1. The number of hydrogen-bond donors (Lipinski definition) is 0. The van der Waals surface area contributed by atoms with Crippen LogP contribution in [0.5, 0.6) is 0 Å². The molecule has 14 rings (SSSR count). The zero-order valence-corrected chi connectivity index (χ0v) is 33.1. The zero-order valence-electron chi connectivity index (χ0n) is 39.1. The second-order valence-electron chi connectivity index (χ2n) is 16.3. The molecule has 1 unspecified atom stereocenters. The van der Waals surface area contributed by atoms with Crippen molar-refractivity contribution in [3.63, 3.8) is 0 Å². The summed E-state index contributed by atoms with van der Waals surface area (Å²) < 4.78 is 64.9. The summed E-state index contributed by atoms with van der Waals surface area (Å²) in [4.78, 5) is 2.34. The first-order chi connectivity index (χ1) is 33.3. The molecule has 288 valence electrons. The van der Waals surface area contributed by atoms with E-state index in [0.717, 1.165) is 94.3 Å². The second-order valence-corrected chi connectivity index (χ2v) is 16.3. The molecule has 0 saturated heterocycles. The van der Waals surface area contributed by atoms with Crippen LogP contribution in [-0.2, 0) is 5.41 Å². The van der Waals surface area contributed by atoms with Crippen LogP contribution in [0.2, 0.25) is 0 Å². The lowest BCUT2D eigenvalue weighted by atomic mass is 9.61. The number of para-hydroxylation sites is 3. The maximum absolute atomic E-state index is 9.92. The Labute approximate surface area is 366 Å². The molecule has 0 saturated carbocycles. The SMILES string of the molecule is [2H]c1c([2H])c2c3c(c([2H])c([2H])c([2H])c3c1[2H])C1(c3ccccc3-c3c(N(c4ccc5c(c4)c4ccccc4n5-c4ccccc4)c4cccc5oc6ccccc6c45)cccc31)c1ccccc1-2. The van der Waals surface area contributed by atoms with Crippen LogP contribution < -0.4 is 4.90 Å². The van der Waals surface area contributed by atoms with E-state index in [4.69, 9.17) is 5.79 Å². The molecule has 1 atom stereocenters. The summed E-state index contributed by atoms with van der Waals surface area (Å²) in [7, 11) is 0. The smallest absolute Gasteiger partial charge is 0.137 e. The van der Waals surface area contributed by atoms with Crippen LogP contribution in [0.25, 0.3) is 82.5 Å². The van der Waals surface area contributed by atoms with Crippen molar-refractivity contribution in [3.8, 4) is 27.9 Å². The molecule has 2 aliphatic rings. The van der Waals surface area contributed by atoms with Gasteiger partial charge in [0, 0.05) is 33.1 Å². The van der Waals surface area contributed by atoms with Gasteiger partial charge in [-0.1, -0.05) is 158 Å². The van der Waals surface area contributed by atoms with Gasteiger partial charge >= 0.3 is 0 Å². The Morgan fingerprint density at radius 3 is 2.00 bits per heavy atom. The number of furan rings is 1. The van der Waals surface area contributed by atoms with Crippen molar-refractivity contribution in [2.45, 2.75) is 5.41 Å². The lowest BCUT2D eigenvalue weighted by Crippen LogP contribution is -2.31. The van der Waals surface area contributed by atoms with E-state index < -0.39 is 5.41 Å². The molecule has 10 aromatic carbocycles. The lowest BCUT2D eigenvalue weighted by Gasteiger charge is -2.40. The third kappa shape index (κ3) is 4.29. The first-order valence-electron chi connectivity index (χ1n) is 23.9. The summed E-state index contributed by atoms with van der Waals surface area (Å²) in [5.41, 5.74) is 12.3. The third-order valence-corrected chi connectivity index (χ3v) is 13.3. The van der Waals surface area contributed by atoms with Crippen LogP contribution in [0.15, 0.2) is 223 Å². The summed E-state index contributed by atoms with van der Waals surface area (Å²) in [5, 5.41) is 4.69. The Balaban J connectivity index is 1.14. The summed E-state index contributed by atoms with van der Waals surface area (Å²) >= 11 is 0. The molecule has 2 aliphatic carbocycles. The summed E-state index contributed by atoms with van der Waals surface area (Å²) in [6, 6.07) is 61.1. The highest BCUT2D eigenvalue weighted by Gasteiger charge is 2.51. The van der Waals surface area contributed by atoms with Crippen molar-refractivity contribution < 1.29 is 12.6 Å². The fourth-order valence-corrected chi connectivity index (χ4v) is 11.0. The number of nitrogens with zero attached hydrogens (tertiary/aromatic N) is 2. The zero-order chi connectivity index (χ0) is 45.7. The highest BCUT2D eigenvalue weighted by Crippen LogP contribution is 2.64. The number of fused-ring (bicyclic) bond motifs is 15. The molecule has 0 radical (unpaired) electrons. The molecule has 3 heteroatoms. The van der Waals surface area contributed by atoms with Gasteiger partial charge in [0.1, 0.15) is 11.2 Å². The highest BCUT2D eigenvalue weighted by atomic mass is 16.3. The van der Waals surface area contributed by atoms with E-state index in [-0.39, 0.29) is 41.6 Å². The first-order valence-corrected chi connectivity index (χ1v) is 20.9. The van der Waals surface area contributed by atoms with Crippen LogP contribution in [0.1, 0.15) is 30.5 Å².